The molecule has 0 saturated heterocycles. The number of allylic oxidation sites excluding steroid dienone is 1. The number of hydrogen-bond donors (Lipinski definition) is 0. The highest BCUT2D eigenvalue weighted by atomic mass is 35.5. The van der Waals surface area contributed by atoms with E-state index >= 15 is 0 Å². The summed E-state index contributed by atoms with van der Waals surface area (Å²) < 4.78 is 22.9. The van der Waals surface area contributed by atoms with Gasteiger partial charge in [-0.15, -0.1) is 0 Å². The van der Waals surface area contributed by atoms with Gasteiger partial charge in [-0.1, -0.05) is 30.7 Å². The molecule has 1 heterocycles. The molecule has 2 aromatic rings. The van der Waals surface area contributed by atoms with Crippen molar-refractivity contribution in [2.75, 3.05) is 14.2 Å². The lowest BCUT2D eigenvalue weighted by molar-refractivity contribution is -0.118. The molecular formula is C24H20ClNO6. The molecule has 7 nitrogen and oxygen atoms in total. The summed E-state index contributed by atoms with van der Waals surface area (Å²) in [5, 5.41) is 9.11. The summed E-state index contributed by atoms with van der Waals surface area (Å²) in [6.07, 6.45) is 1.42. The molecule has 0 aromatic heterocycles. The fraction of sp³-hybridized carbons (Fsp3) is 0.292. The maximum atomic E-state index is 13.8. The Morgan fingerprint density at radius 1 is 1.19 bits per heavy atom. The second-order valence-electron chi connectivity index (χ2n) is 7.64. The van der Waals surface area contributed by atoms with E-state index in [4.69, 9.17) is 35.8 Å². The maximum absolute atomic E-state index is 13.8. The number of hydrogen-bond acceptors (Lipinski definition) is 7. The topological polar surface area (TPSA) is 94.8 Å². The van der Waals surface area contributed by atoms with Gasteiger partial charge in [0.15, 0.2) is 17.3 Å². The fourth-order valence-electron chi connectivity index (χ4n) is 4.07. The lowest BCUT2D eigenvalue weighted by Crippen LogP contribution is -2.51. The zero-order valence-electron chi connectivity index (χ0n) is 17.7. The highest BCUT2D eigenvalue weighted by molar-refractivity contribution is 6.35. The van der Waals surface area contributed by atoms with Crippen molar-refractivity contribution in [3.8, 4) is 23.3 Å². The van der Waals surface area contributed by atoms with E-state index < -0.39 is 11.5 Å². The molecule has 2 atom stereocenters. The minimum absolute atomic E-state index is 0.0838. The molecule has 2 aliphatic rings. The van der Waals surface area contributed by atoms with Gasteiger partial charge >= 0.3 is 0 Å². The van der Waals surface area contributed by atoms with E-state index in [2.05, 4.69) is 6.07 Å². The van der Waals surface area contributed by atoms with Crippen molar-refractivity contribution in [3.05, 3.63) is 63.9 Å². The fourth-order valence-corrected chi connectivity index (χ4v) is 4.34. The van der Waals surface area contributed by atoms with Crippen LogP contribution in [0, 0.1) is 17.2 Å². The number of methoxy groups -OCH3 is 2. The maximum Gasteiger partial charge on any atom is 0.231 e. The Morgan fingerprint density at radius 3 is 2.50 bits per heavy atom. The van der Waals surface area contributed by atoms with Gasteiger partial charge in [0, 0.05) is 24.5 Å². The molecule has 164 valence electrons. The average molecular weight is 454 g/mol. The normalized spacial score (nSPS) is 21.5. The van der Waals surface area contributed by atoms with Gasteiger partial charge in [0.25, 0.3) is 0 Å². The number of Topliss-reactive ketones (excluding diaryl/α,β-unsaturated/α-hetero) is 1. The van der Waals surface area contributed by atoms with Crippen LogP contribution in [-0.2, 0) is 16.1 Å². The monoisotopic (exact) mass is 453 g/mol. The Hall–Kier alpha value is -3.50. The Labute approximate surface area is 190 Å². The molecule has 0 N–H and O–H groups in total. The molecule has 0 bridgehead atoms. The Morgan fingerprint density at radius 2 is 1.88 bits per heavy atom. The molecule has 0 unspecified atom stereocenters. The number of nitrogens with zero attached hydrogens (tertiary/aromatic N) is 1. The average Bonchev–Trinajstić information content (AvgIpc) is 3.11. The molecular weight excluding hydrogens is 434 g/mol. The zero-order valence-corrected chi connectivity index (χ0v) is 18.5. The molecule has 0 fully saturated rings. The minimum atomic E-state index is -1.55. The van der Waals surface area contributed by atoms with Crippen molar-refractivity contribution in [3.63, 3.8) is 0 Å². The first-order valence-corrected chi connectivity index (χ1v) is 10.3. The standard InChI is InChI=1S/C24H20ClNO6/c1-13-8-16(27)9-19(31-12-15-6-4-14(11-26)5-7-15)24(13)23(28)20-17(29-2)10-18(30-3)21(25)22(20)32-24/h4-7,9-10,13H,8,12H2,1-3H3/t13-,24+/m1/s1. The predicted molar refractivity (Wildman–Crippen MR) is 115 cm³/mol. The summed E-state index contributed by atoms with van der Waals surface area (Å²) in [7, 11) is 2.89. The highest BCUT2D eigenvalue weighted by Crippen LogP contribution is 2.54. The summed E-state index contributed by atoms with van der Waals surface area (Å²) in [5.74, 6) is -0.247. The van der Waals surface area contributed by atoms with Crippen molar-refractivity contribution in [1.82, 2.24) is 0 Å². The molecule has 0 amide bonds. The largest absolute Gasteiger partial charge is 0.496 e. The molecule has 8 heteroatoms. The lowest BCUT2D eigenvalue weighted by atomic mass is 9.75. The second-order valence-corrected chi connectivity index (χ2v) is 8.02. The third kappa shape index (κ3) is 3.28. The SMILES string of the molecule is COc1cc(OC)c2c(c1Cl)O[C@]1(C2=O)C(OCc2ccc(C#N)cc2)=CC(=O)C[C@H]1C. The van der Waals surface area contributed by atoms with E-state index in [9.17, 15) is 9.59 Å². The van der Waals surface area contributed by atoms with Crippen LogP contribution in [0.5, 0.6) is 17.2 Å². The van der Waals surface area contributed by atoms with Crippen LogP contribution < -0.4 is 14.2 Å². The number of halogens is 1. The van der Waals surface area contributed by atoms with Gasteiger partial charge in [0.1, 0.15) is 28.7 Å². The van der Waals surface area contributed by atoms with Crippen LogP contribution in [0.1, 0.15) is 34.8 Å². The zero-order chi connectivity index (χ0) is 23.0. The van der Waals surface area contributed by atoms with Crippen molar-refractivity contribution < 1.29 is 28.5 Å². The Balaban J connectivity index is 1.75. The number of carbonyl (C=O) groups is 2. The molecule has 0 radical (unpaired) electrons. The Kier molecular flexibility index (Phi) is 5.57. The van der Waals surface area contributed by atoms with Crippen LogP contribution in [-0.4, -0.2) is 31.4 Å². The predicted octanol–water partition coefficient (Wildman–Crippen LogP) is 4.25. The number of fused-ring (bicyclic) bond motifs is 1. The van der Waals surface area contributed by atoms with Gasteiger partial charge in [0.05, 0.1) is 25.9 Å². The molecule has 1 aliphatic carbocycles. The van der Waals surface area contributed by atoms with Crippen molar-refractivity contribution in [2.24, 2.45) is 5.92 Å². The van der Waals surface area contributed by atoms with E-state index in [-0.39, 0.29) is 52.4 Å². The van der Waals surface area contributed by atoms with Crippen LogP contribution in [0.3, 0.4) is 0 Å². The molecule has 32 heavy (non-hydrogen) atoms. The van der Waals surface area contributed by atoms with Crippen LogP contribution in [0.2, 0.25) is 5.02 Å². The highest BCUT2D eigenvalue weighted by Gasteiger charge is 2.60. The number of carbonyl (C=O) groups excluding carboxylic acids is 2. The summed E-state index contributed by atoms with van der Waals surface area (Å²) in [4.78, 5) is 26.1. The van der Waals surface area contributed by atoms with Gasteiger partial charge < -0.3 is 18.9 Å². The van der Waals surface area contributed by atoms with Gasteiger partial charge in [-0.25, -0.2) is 0 Å². The molecule has 0 saturated carbocycles. The summed E-state index contributed by atoms with van der Waals surface area (Å²) in [5.41, 5.74) is -0.0729. The van der Waals surface area contributed by atoms with Crippen LogP contribution in [0.4, 0.5) is 0 Å². The number of benzene rings is 2. The van der Waals surface area contributed by atoms with Crippen LogP contribution in [0.25, 0.3) is 0 Å². The van der Waals surface area contributed by atoms with Gasteiger partial charge in [-0.3, -0.25) is 9.59 Å². The number of ketones is 2. The third-order valence-corrected chi connectivity index (χ3v) is 6.11. The van der Waals surface area contributed by atoms with E-state index in [0.29, 0.717) is 11.3 Å². The minimum Gasteiger partial charge on any atom is -0.496 e. The quantitative estimate of drug-likeness (QED) is 0.667. The summed E-state index contributed by atoms with van der Waals surface area (Å²) in [6.45, 7) is 1.85. The Bertz CT molecular complexity index is 1180. The molecule has 1 spiro atoms. The number of ether oxygens (including phenoxy) is 4. The first-order valence-electron chi connectivity index (χ1n) is 9.90. The van der Waals surface area contributed by atoms with E-state index in [1.54, 1.807) is 31.2 Å². The smallest absolute Gasteiger partial charge is 0.231 e. The number of nitriles is 1. The summed E-state index contributed by atoms with van der Waals surface area (Å²) in [6, 6.07) is 10.4. The van der Waals surface area contributed by atoms with Crippen molar-refractivity contribution >= 4 is 23.2 Å². The summed E-state index contributed by atoms with van der Waals surface area (Å²) >= 11 is 6.47. The second kappa shape index (κ2) is 8.21. The third-order valence-electron chi connectivity index (χ3n) is 5.76. The molecule has 1 aliphatic heterocycles. The van der Waals surface area contributed by atoms with E-state index in [0.717, 1.165) is 5.56 Å². The van der Waals surface area contributed by atoms with E-state index in [1.807, 2.05) is 0 Å². The first-order chi connectivity index (χ1) is 15.3. The van der Waals surface area contributed by atoms with E-state index in [1.165, 1.54) is 26.4 Å². The number of rotatable bonds is 5. The van der Waals surface area contributed by atoms with Gasteiger partial charge in [-0.05, 0) is 17.7 Å². The van der Waals surface area contributed by atoms with Crippen molar-refractivity contribution in [2.45, 2.75) is 25.6 Å². The van der Waals surface area contributed by atoms with Gasteiger partial charge in [0.2, 0.25) is 11.4 Å². The molecule has 2 aromatic carbocycles. The van der Waals surface area contributed by atoms with Crippen LogP contribution in [0.15, 0.2) is 42.2 Å². The van der Waals surface area contributed by atoms with Crippen molar-refractivity contribution in [1.29, 1.82) is 5.26 Å². The lowest BCUT2D eigenvalue weighted by Gasteiger charge is -2.37. The van der Waals surface area contributed by atoms with Gasteiger partial charge in [-0.2, -0.15) is 5.26 Å². The first kappa shape index (κ1) is 21.7. The molecule has 4 rings (SSSR count). The van der Waals surface area contributed by atoms with Crippen LogP contribution >= 0.6 is 11.6 Å².